The first-order valence-corrected chi connectivity index (χ1v) is 11.2. The minimum Gasteiger partial charge on any atom is -0.396 e. The number of aliphatic hydroxyl groups is 1. The van der Waals surface area contributed by atoms with Crippen molar-refractivity contribution in [3.63, 3.8) is 0 Å². The molecule has 0 bridgehead atoms. The number of nitrogens with zero attached hydrogens (tertiary/aromatic N) is 2. The molecule has 1 N–H and O–H groups in total. The van der Waals surface area contributed by atoms with Crippen molar-refractivity contribution in [3.05, 3.63) is 23.2 Å². The van der Waals surface area contributed by atoms with E-state index in [-0.39, 0.29) is 21.4 Å². The van der Waals surface area contributed by atoms with Gasteiger partial charge in [0.2, 0.25) is 10.0 Å². The molecule has 10 heteroatoms. The molecule has 7 nitrogen and oxygen atoms in total. The Kier molecular flexibility index (Phi) is 6.27. The summed E-state index contributed by atoms with van der Waals surface area (Å²) < 4.78 is 50.2. The van der Waals surface area contributed by atoms with Gasteiger partial charge in [0.05, 0.1) is 9.92 Å². The lowest BCUT2D eigenvalue weighted by Gasteiger charge is -2.34. The van der Waals surface area contributed by atoms with Gasteiger partial charge in [0.25, 0.3) is 0 Å². The van der Waals surface area contributed by atoms with E-state index >= 15 is 0 Å². The van der Waals surface area contributed by atoms with Crippen molar-refractivity contribution < 1.29 is 21.9 Å². The van der Waals surface area contributed by atoms with Gasteiger partial charge in [-0.2, -0.15) is 4.31 Å². The first kappa shape index (κ1) is 19.6. The smallest absolute Gasteiger partial charge is 0.244 e. The van der Waals surface area contributed by atoms with Crippen LogP contribution in [0.4, 0.5) is 0 Å². The molecule has 0 atom stereocenters. The Morgan fingerprint density at radius 1 is 1.12 bits per heavy atom. The van der Waals surface area contributed by atoms with E-state index in [1.54, 1.807) is 0 Å². The largest absolute Gasteiger partial charge is 0.396 e. The monoisotopic (exact) mass is 396 g/mol. The van der Waals surface area contributed by atoms with Crippen LogP contribution in [0, 0.1) is 0 Å². The third-order valence-electron chi connectivity index (χ3n) is 3.91. The van der Waals surface area contributed by atoms with Crippen molar-refractivity contribution in [1.82, 2.24) is 9.21 Å². The number of sulfonamides is 1. The standard InChI is InChI=1S/C14H21ClN2O5S2/c1-23(19,20)12-3-4-13(15)14(11-12)24(21,22)17-8-6-16(7-9-17)5-2-10-18/h3-4,11,18H,2,5-10H2,1H3. The van der Waals surface area contributed by atoms with Crippen LogP contribution in [0.25, 0.3) is 0 Å². The van der Waals surface area contributed by atoms with Crippen molar-refractivity contribution >= 4 is 31.5 Å². The fraction of sp³-hybridized carbons (Fsp3) is 0.571. The molecular formula is C14H21ClN2O5S2. The zero-order valence-electron chi connectivity index (χ0n) is 13.4. The Morgan fingerprint density at radius 3 is 2.29 bits per heavy atom. The lowest BCUT2D eigenvalue weighted by atomic mass is 10.3. The van der Waals surface area contributed by atoms with Crippen LogP contribution in [-0.2, 0) is 19.9 Å². The van der Waals surface area contributed by atoms with Crippen molar-refractivity contribution in [2.45, 2.75) is 16.2 Å². The number of sulfone groups is 1. The average Bonchev–Trinajstić information content (AvgIpc) is 2.52. The Balaban J connectivity index is 2.23. The highest BCUT2D eigenvalue weighted by molar-refractivity contribution is 7.91. The molecule has 0 aromatic heterocycles. The normalized spacial score (nSPS) is 18.0. The summed E-state index contributed by atoms with van der Waals surface area (Å²) in [5.74, 6) is 0. The number of benzene rings is 1. The van der Waals surface area contributed by atoms with Crippen LogP contribution in [0.1, 0.15) is 6.42 Å². The lowest BCUT2D eigenvalue weighted by molar-refractivity contribution is 0.171. The van der Waals surface area contributed by atoms with Crippen LogP contribution in [0.3, 0.4) is 0 Å². The van der Waals surface area contributed by atoms with Crippen LogP contribution in [0.5, 0.6) is 0 Å². The van der Waals surface area contributed by atoms with Crippen LogP contribution < -0.4 is 0 Å². The van der Waals surface area contributed by atoms with Crippen LogP contribution in [0.2, 0.25) is 5.02 Å². The van der Waals surface area contributed by atoms with Gasteiger partial charge in [-0.15, -0.1) is 0 Å². The molecule has 1 fully saturated rings. The summed E-state index contributed by atoms with van der Waals surface area (Å²) in [5.41, 5.74) is 0. The van der Waals surface area contributed by atoms with Crippen LogP contribution >= 0.6 is 11.6 Å². The quantitative estimate of drug-likeness (QED) is 0.749. The topological polar surface area (TPSA) is 95.0 Å². The second-order valence-electron chi connectivity index (χ2n) is 5.69. The summed E-state index contributed by atoms with van der Waals surface area (Å²) in [7, 11) is -7.38. The molecule has 24 heavy (non-hydrogen) atoms. The Bertz CT molecular complexity index is 787. The predicted molar refractivity (Wildman–Crippen MR) is 91.5 cm³/mol. The summed E-state index contributed by atoms with van der Waals surface area (Å²) in [6.07, 6.45) is 1.67. The third-order valence-corrected chi connectivity index (χ3v) is 7.40. The highest BCUT2D eigenvalue weighted by Crippen LogP contribution is 2.28. The van der Waals surface area contributed by atoms with Crippen molar-refractivity contribution in [3.8, 4) is 0 Å². The average molecular weight is 397 g/mol. The third kappa shape index (κ3) is 4.47. The van der Waals surface area contributed by atoms with E-state index in [1.807, 2.05) is 0 Å². The maximum absolute atomic E-state index is 12.8. The Morgan fingerprint density at radius 2 is 1.75 bits per heavy atom. The molecule has 0 amide bonds. The van der Waals surface area contributed by atoms with Gasteiger partial charge in [-0.1, -0.05) is 11.6 Å². The van der Waals surface area contributed by atoms with Crippen LogP contribution in [-0.4, -0.2) is 76.7 Å². The number of rotatable bonds is 6. The molecule has 2 rings (SSSR count). The van der Waals surface area contributed by atoms with Gasteiger partial charge in [0, 0.05) is 45.6 Å². The summed E-state index contributed by atoms with van der Waals surface area (Å²) >= 11 is 6.01. The fourth-order valence-corrected chi connectivity index (χ4v) is 5.18. The molecule has 0 radical (unpaired) electrons. The van der Waals surface area contributed by atoms with E-state index in [1.165, 1.54) is 16.4 Å². The van der Waals surface area contributed by atoms with E-state index < -0.39 is 19.9 Å². The van der Waals surface area contributed by atoms with E-state index in [0.29, 0.717) is 39.1 Å². The minimum atomic E-state index is -3.86. The molecule has 0 spiro atoms. The van der Waals surface area contributed by atoms with Gasteiger partial charge in [0.1, 0.15) is 4.90 Å². The van der Waals surface area contributed by atoms with Crippen LogP contribution in [0.15, 0.2) is 28.0 Å². The maximum atomic E-state index is 12.8. The molecule has 1 aliphatic rings. The molecule has 1 aromatic rings. The number of halogens is 1. The van der Waals surface area contributed by atoms with Gasteiger partial charge >= 0.3 is 0 Å². The molecule has 136 valence electrons. The minimum absolute atomic E-state index is 0.00473. The van der Waals surface area contributed by atoms with E-state index in [0.717, 1.165) is 12.3 Å². The SMILES string of the molecule is CS(=O)(=O)c1ccc(Cl)c(S(=O)(=O)N2CCN(CCCO)CC2)c1. The molecule has 1 aromatic carbocycles. The highest BCUT2D eigenvalue weighted by Gasteiger charge is 2.30. The second kappa shape index (κ2) is 7.67. The first-order valence-electron chi connectivity index (χ1n) is 7.49. The molecule has 0 unspecified atom stereocenters. The zero-order valence-corrected chi connectivity index (χ0v) is 15.7. The molecule has 1 saturated heterocycles. The van der Waals surface area contributed by atoms with E-state index in [9.17, 15) is 16.8 Å². The van der Waals surface area contributed by atoms with Gasteiger partial charge in [-0.25, -0.2) is 16.8 Å². The van der Waals surface area contributed by atoms with Crippen molar-refractivity contribution in [2.75, 3.05) is 45.6 Å². The van der Waals surface area contributed by atoms with Gasteiger partial charge in [0.15, 0.2) is 9.84 Å². The van der Waals surface area contributed by atoms with Gasteiger partial charge in [-0.05, 0) is 24.6 Å². The molecule has 0 aliphatic carbocycles. The second-order valence-corrected chi connectivity index (χ2v) is 10.0. The maximum Gasteiger partial charge on any atom is 0.244 e. The summed E-state index contributed by atoms with van der Waals surface area (Å²) in [5, 5.41) is 8.86. The predicted octanol–water partition coefficient (Wildman–Crippen LogP) is 0.432. The summed E-state index contributed by atoms with van der Waals surface area (Å²) in [6.45, 7) is 2.53. The van der Waals surface area contributed by atoms with E-state index in [2.05, 4.69) is 4.90 Å². The molecule has 1 heterocycles. The number of aliphatic hydroxyl groups excluding tert-OH is 1. The van der Waals surface area contributed by atoms with Crippen molar-refractivity contribution in [1.29, 1.82) is 0 Å². The zero-order chi connectivity index (χ0) is 18.0. The Labute approximate surface area is 147 Å². The van der Waals surface area contributed by atoms with Gasteiger partial charge < -0.3 is 10.0 Å². The summed E-state index contributed by atoms with van der Waals surface area (Å²) in [4.78, 5) is 1.82. The number of hydrogen-bond acceptors (Lipinski definition) is 6. The molecule has 0 saturated carbocycles. The highest BCUT2D eigenvalue weighted by atomic mass is 35.5. The molecule has 1 aliphatic heterocycles. The Hall–Kier alpha value is -0.710. The fourth-order valence-electron chi connectivity index (χ4n) is 2.54. The summed E-state index contributed by atoms with van der Waals surface area (Å²) in [6, 6.07) is 3.71. The lowest BCUT2D eigenvalue weighted by Crippen LogP contribution is -2.48. The number of piperazine rings is 1. The number of hydrogen-bond donors (Lipinski definition) is 1. The van der Waals surface area contributed by atoms with Crippen molar-refractivity contribution in [2.24, 2.45) is 0 Å². The van der Waals surface area contributed by atoms with Gasteiger partial charge in [-0.3, -0.25) is 0 Å². The molecular weight excluding hydrogens is 376 g/mol. The first-order chi connectivity index (χ1) is 11.2. The van der Waals surface area contributed by atoms with E-state index in [4.69, 9.17) is 16.7 Å².